The molecule has 0 spiro atoms. The van der Waals surface area contributed by atoms with Crippen molar-refractivity contribution < 1.29 is 9.13 Å². The highest BCUT2D eigenvalue weighted by atomic mass is 19.1. The maximum atomic E-state index is 13.2. The predicted octanol–water partition coefficient (Wildman–Crippen LogP) is 2.07. The number of nitrogens with zero attached hydrogens (tertiary/aromatic N) is 1. The Kier molecular flexibility index (Phi) is 3.64. The normalized spacial score (nSPS) is 21.9. The van der Waals surface area contributed by atoms with Gasteiger partial charge in [-0.1, -0.05) is 0 Å². The third kappa shape index (κ3) is 2.58. The number of hydrogen-bond acceptors (Lipinski definition) is 3. The molecule has 0 aromatic heterocycles. The first kappa shape index (κ1) is 12.3. The minimum Gasteiger partial charge on any atom is -0.380 e. The third-order valence-corrected chi connectivity index (χ3v) is 3.30. The lowest BCUT2D eigenvalue weighted by Crippen LogP contribution is -2.24. The fourth-order valence-corrected chi connectivity index (χ4v) is 2.32. The van der Waals surface area contributed by atoms with E-state index in [4.69, 9.17) is 10.5 Å². The Balaban J connectivity index is 2.26. The molecule has 0 amide bonds. The third-order valence-electron chi connectivity index (χ3n) is 3.30. The van der Waals surface area contributed by atoms with Crippen LogP contribution in [0.1, 0.15) is 24.9 Å². The molecule has 2 rings (SSSR count). The first-order valence-corrected chi connectivity index (χ1v) is 5.94. The van der Waals surface area contributed by atoms with Gasteiger partial charge >= 0.3 is 0 Å². The molecule has 4 heteroatoms. The van der Waals surface area contributed by atoms with E-state index in [1.54, 1.807) is 7.11 Å². The van der Waals surface area contributed by atoms with E-state index in [1.807, 2.05) is 13.0 Å². The lowest BCUT2D eigenvalue weighted by molar-refractivity contribution is 0.121. The number of anilines is 1. The molecule has 1 aromatic rings. The molecule has 0 saturated carbocycles. The number of hydrogen-bond donors (Lipinski definition) is 1. The highest BCUT2D eigenvalue weighted by Gasteiger charge is 2.24. The minimum absolute atomic E-state index is 0.165. The Hall–Kier alpha value is -1.13. The molecule has 1 saturated heterocycles. The average molecular weight is 238 g/mol. The smallest absolute Gasteiger partial charge is 0.123 e. The maximum absolute atomic E-state index is 13.2. The Morgan fingerprint density at radius 2 is 2.29 bits per heavy atom. The van der Waals surface area contributed by atoms with Crippen LogP contribution in [0, 0.1) is 5.82 Å². The van der Waals surface area contributed by atoms with Crippen LogP contribution in [0.5, 0.6) is 0 Å². The van der Waals surface area contributed by atoms with Crippen LogP contribution < -0.4 is 10.6 Å². The van der Waals surface area contributed by atoms with Crippen LogP contribution in [0.15, 0.2) is 18.2 Å². The van der Waals surface area contributed by atoms with Crippen LogP contribution >= 0.6 is 0 Å². The zero-order chi connectivity index (χ0) is 12.4. The van der Waals surface area contributed by atoms with Gasteiger partial charge in [0.1, 0.15) is 5.82 Å². The van der Waals surface area contributed by atoms with Gasteiger partial charge in [0, 0.05) is 31.9 Å². The van der Waals surface area contributed by atoms with Crippen molar-refractivity contribution in [3.8, 4) is 0 Å². The molecule has 1 heterocycles. The molecule has 3 nitrogen and oxygen atoms in total. The largest absolute Gasteiger partial charge is 0.380 e. The molecule has 1 aromatic carbocycles. The molecule has 2 N–H and O–H groups in total. The zero-order valence-electron chi connectivity index (χ0n) is 10.3. The van der Waals surface area contributed by atoms with Crippen molar-refractivity contribution in [2.45, 2.75) is 25.5 Å². The van der Waals surface area contributed by atoms with Crippen molar-refractivity contribution in [3.63, 3.8) is 0 Å². The van der Waals surface area contributed by atoms with Gasteiger partial charge in [0.25, 0.3) is 0 Å². The Morgan fingerprint density at radius 1 is 1.53 bits per heavy atom. The van der Waals surface area contributed by atoms with Gasteiger partial charge in [-0.05, 0) is 37.1 Å². The number of rotatable bonds is 3. The van der Waals surface area contributed by atoms with E-state index in [0.29, 0.717) is 0 Å². The van der Waals surface area contributed by atoms with Crippen LogP contribution in [0.4, 0.5) is 10.1 Å². The van der Waals surface area contributed by atoms with E-state index in [0.717, 1.165) is 30.8 Å². The predicted molar refractivity (Wildman–Crippen MR) is 66.6 cm³/mol. The fraction of sp³-hybridized carbons (Fsp3) is 0.538. The van der Waals surface area contributed by atoms with Crippen molar-refractivity contribution >= 4 is 5.69 Å². The quantitative estimate of drug-likeness (QED) is 0.876. The number of methoxy groups -OCH3 is 1. The summed E-state index contributed by atoms with van der Waals surface area (Å²) in [4.78, 5) is 2.21. The molecular weight excluding hydrogens is 219 g/mol. The summed E-state index contributed by atoms with van der Waals surface area (Å²) < 4.78 is 18.6. The Morgan fingerprint density at radius 3 is 2.88 bits per heavy atom. The monoisotopic (exact) mass is 238 g/mol. The molecule has 1 unspecified atom stereocenters. The van der Waals surface area contributed by atoms with Gasteiger partial charge in [-0.2, -0.15) is 0 Å². The van der Waals surface area contributed by atoms with Gasteiger partial charge in [-0.15, -0.1) is 0 Å². The lowest BCUT2D eigenvalue weighted by Gasteiger charge is -2.23. The second kappa shape index (κ2) is 5.02. The highest BCUT2D eigenvalue weighted by molar-refractivity contribution is 5.56. The van der Waals surface area contributed by atoms with E-state index in [-0.39, 0.29) is 18.0 Å². The molecule has 1 aliphatic heterocycles. The van der Waals surface area contributed by atoms with Crippen LogP contribution in [-0.2, 0) is 4.74 Å². The number of nitrogens with two attached hydrogens (primary N) is 1. The van der Waals surface area contributed by atoms with Crippen molar-refractivity contribution in [2.24, 2.45) is 5.73 Å². The molecule has 0 radical (unpaired) electrons. The van der Waals surface area contributed by atoms with Crippen molar-refractivity contribution in [1.29, 1.82) is 0 Å². The average Bonchev–Trinajstić information content (AvgIpc) is 2.77. The standard InChI is InChI=1S/C13H19FN2O/c1-9(15)12-7-10(14)3-4-13(12)16-6-5-11(8-16)17-2/h3-4,7,9,11H,5-6,8,15H2,1-2H3/t9-,11?/m0/s1. The summed E-state index contributed by atoms with van der Waals surface area (Å²) in [5.74, 6) is -0.233. The lowest BCUT2D eigenvalue weighted by atomic mass is 10.1. The Bertz CT molecular complexity index is 395. The second-order valence-corrected chi connectivity index (χ2v) is 4.58. The van der Waals surface area contributed by atoms with E-state index in [2.05, 4.69) is 4.90 Å². The van der Waals surface area contributed by atoms with Gasteiger partial charge in [-0.3, -0.25) is 0 Å². The summed E-state index contributed by atoms with van der Waals surface area (Å²) in [6, 6.07) is 4.66. The summed E-state index contributed by atoms with van der Waals surface area (Å²) in [5, 5.41) is 0. The highest BCUT2D eigenvalue weighted by Crippen LogP contribution is 2.29. The molecule has 94 valence electrons. The first-order chi connectivity index (χ1) is 8.11. The van der Waals surface area contributed by atoms with Gasteiger partial charge in [0.05, 0.1) is 6.10 Å². The number of halogens is 1. The fourth-order valence-electron chi connectivity index (χ4n) is 2.32. The van der Waals surface area contributed by atoms with E-state index in [1.165, 1.54) is 12.1 Å². The summed E-state index contributed by atoms with van der Waals surface area (Å²) in [5.41, 5.74) is 7.78. The summed E-state index contributed by atoms with van der Waals surface area (Å²) in [7, 11) is 1.73. The topological polar surface area (TPSA) is 38.5 Å². The number of ether oxygens (including phenoxy) is 1. The molecule has 0 bridgehead atoms. The molecule has 17 heavy (non-hydrogen) atoms. The van der Waals surface area contributed by atoms with Gasteiger partial charge < -0.3 is 15.4 Å². The van der Waals surface area contributed by atoms with Gasteiger partial charge in [0.2, 0.25) is 0 Å². The number of benzene rings is 1. The molecular formula is C13H19FN2O. The van der Waals surface area contributed by atoms with Crippen LogP contribution in [-0.4, -0.2) is 26.3 Å². The summed E-state index contributed by atoms with van der Waals surface area (Å²) >= 11 is 0. The van der Waals surface area contributed by atoms with E-state index >= 15 is 0 Å². The zero-order valence-corrected chi connectivity index (χ0v) is 10.3. The van der Waals surface area contributed by atoms with Crippen molar-refractivity contribution in [2.75, 3.05) is 25.1 Å². The van der Waals surface area contributed by atoms with Crippen LogP contribution in [0.3, 0.4) is 0 Å². The summed E-state index contributed by atoms with van der Waals surface area (Å²) in [6.45, 7) is 3.66. The molecule has 1 aliphatic rings. The Labute approximate surface area is 101 Å². The molecule has 0 aliphatic carbocycles. The molecule has 2 atom stereocenters. The van der Waals surface area contributed by atoms with Crippen molar-refractivity contribution in [1.82, 2.24) is 0 Å². The maximum Gasteiger partial charge on any atom is 0.123 e. The first-order valence-electron chi connectivity index (χ1n) is 5.94. The minimum atomic E-state index is -0.233. The van der Waals surface area contributed by atoms with Gasteiger partial charge in [0.15, 0.2) is 0 Å². The van der Waals surface area contributed by atoms with E-state index in [9.17, 15) is 4.39 Å². The van der Waals surface area contributed by atoms with Crippen LogP contribution in [0.2, 0.25) is 0 Å². The molecule has 1 fully saturated rings. The SMILES string of the molecule is COC1CCN(c2ccc(F)cc2[C@H](C)N)C1. The second-order valence-electron chi connectivity index (χ2n) is 4.58. The van der Waals surface area contributed by atoms with Crippen molar-refractivity contribution in [3.05, 3.63) is 29.6 Å². The summed E-state index contributed by atoms with van der Waals surface area (Å²) in [6.07, 6.45) is 1.27. The van der Waals surface area contributed by atoms with Crippen LogP contribution in [0.25, 0.3) is 0 Å². The van der Waals surface area contributed by atoms with Gasteiger partial charge in [-0.25, -0.2) is 4.39 Å². The van der Waals surface area contributed by atoms with E-state index < -0.39 is 0 Å².